The van der Waals surface area contributed by atoms with E-state index < -0.39 is 0 Å². The molecular formula is C15H17FN2O. The Hall–Kier alpha value is -1.97. The quantitative estimate of drug-likeness (QED) is 0.774. The minimum absolute atomic E-state index is 0.0268. The summed E-state index contributed by atoms with van der Waals surface area (Å²) in [4.78, 5) is 16.4. The predicted molar refractivity (Wildman–Crippen MR) is 71.7 cm³/mol. The fourth-order valence-electron chi connectivity index (χ4n) is 2.13. The average Bonchev–Trinajstić information content (AvgIpc) is 2.77. The van der Waals surface area contributed by atoms with E-state index in [9.17, 15) is 9.18 Å². The fraction of sp³-hybridized carbons (Fsp3) is 0.333. The smallest absolute Gasteiger partial charge is 0.170 e. The van der Waals surface area contributed by atoms with Crippen LogP contribution in [0.15, 0.2) is 30.6 Å². The van der Waals surface area contributed by atoms with Crippen LogP contribution in [0.5, 0.6) is 0 Å². The third kappa shape index (κ3) is 3.08. The molecule has 1 heterocycles. The topological polar surface area (TPSA) is 34.9 Å². The van der Waals surface area contributed by atoms with E-state index in [1.54, 1.807) is 19.2 Å². The molecule has 0 amide bonds. The van der Waals surface area contributed by atoms with Crippen LogP contribution in [0.2, 0.25) is 0 Å². The number of nitrogens with zero attached hydrogens (tertiary/aromatic N) is 2. The molecule has 2 rings (SSSR count). The molecule has 2 aromatic rings. The number of aromatic nitrogens is 2. The normalized spacial score (nSPS) is 10.7. The number of carbonyl (C=O) groups is 1. The summed E-state index contributed by atoms with van der Waals surface area (Å²) in [6.07, 6.45) is 4.83. The van der Waals surface area contributed by atoms with Crippen LogP contribution in [-0.2, 0) is 13.0 Å². The fourth-order valence-corrected chi connectivity index (χ4v) is 2.13. The number of ketones is 1. The molecule has 0 N–H and O–H groups in total. The summed E-state index contributed by atoms with van der Waals surface area (Å²) >= 11 is 0. The summed E-state index contributed by atoms with van der Waals surface area (Å²) in [6.45, 7) is 4.68. The number of imidazole rings is 1. The molecule has 0 aliphatic heterocycles. The van der Waals surface area contributed by atoms with Gasteiger partial charge in [0, 0.05) is 24.5 Å². The largest absolute Gasteiger partial charge is 0.335 e. The van der Waals surface area contributed by atoms with E-state index in [0.29, 0.717) is 11.1 Å². The molecular weight excluding hydrogens is 243 g/mol. The van der Waals surface area contributed by atoms with Gasteiger partial charge in [-0.25, -0.2) is 9.37 Å². The van der Waals surface area contributed by atoms with E-state index in [4.69, 9.17) is 0 Å². The lowest BCUT2D eigenvalue weighted by atomic mass is 10.0. The SMILES string of the molecule is CCCn1ccnc1CC(=O)c1ccc(F)cc1C. The number of carbonyl (C=O) groups excluding carboxylic acids is 1. The molecule has 0 saturated heterocycles. The van der Waals surface area contributed by atoms with Gasteiger partial charge in [-0.15, -0.1) is 0 Å². The molecule has 100 valence electrons. The minimum atomic E-state index is -0.318. The van der Waals surface area contributed by atoms with E-state index >= 15 is 0 Å². The van der Waals surface area contributed by atoms with Gasteiger partial charge in [-0.3, -0.25) is 4.79 Å². The second-order valence-electron chi connectivity index (χ2n) is 4.60. The van der Waals surface area contributed by atoms with Crippen LogP contribution in [0.1, 0.15) is 35.1 Å². The molecule has 0 aliphatic carbocycles. The highest BCUT2D eigenvalue weighted by atomic mass is 19.1. The number of hydrogen-bond acceptors (Lipinski definition) is 2. The van der Waals surface area contributed by atoms with Crippen molar-refractivity contribution in [1.82, 2.24) is 9.55 Å². The highest BCUT2D eigenvalue weighted by Crippen LogP contribution is 2.13. The van der Waals surface area contributed by atoms with Crippen molar-refractivity contribution in [2.75, 3.05) is 0 Å². The molecule has 0 saturated carbocycles. The molecule has 0 atom stereocenters. The number of halogens is 1. The van der Waals surface area contributed by atoms with Gasteiger partial charge in [-0.1, -0.05) is 6.92 Å². The summed E-state index contributed by atoms with van der Waals surface area (Å²) in [5.41, 5.74) is 1.23. The molecule has 1 aromatic heterocycles. The number of rotatable bonds is 5. The first-order chi connectivity index (χ1) is 9.11. The number of Topliss-reactive ketones (excluding diaryl/α,β-unsaturated/α-hetero) is 1. The van der Waals surface area contributed by atoms with E-state index in [0.717, 1.165) is 18.8 Å². The zero-order valence-corrected chi connectivity index (χ0v) is 11.2. The predicted octanol–water partition coefficient (Wildman–Crippen LogP) is 3.17. The molecule has 0 unspecified atom stereocenters. The maximum Gasteiger partial charge on any atom is 0.170 e. The Balaban J connectivity index is 2.18. The van der Waals surface area contributed by atoms with Crippen molar-refractivity contribution in [3.63, 3.8) is 0 Å². The molecule has 3 nitrogen and oxygen atoms in total. The number of benzene rings is 1. The Morgan fingerprint density at radius 3 is 2.89 bits per heavy atom. The van der Waals surface area contributed by atoms with Gasteiger partial charge in [-0.05, 0) is 37.1 Å². The van der Waals surface area contributed by atoms with Gasteiger partial charge >= 0.3 is 0 Å². The molecule has 0 aliphatic rings. The second kappa shape index (κ2) is 5.78. The summed E-state index contributed by atoms with van der Waals surface area (Å²) in [5.74, 6) is 0.415. The summed E-state index contributed by atoms with van der Waals surface area (Å²) in [7, 11) is 0. The minimum Gasteiger partial charge on any atom is -0.335 e. The van der Waals surface area contributed by atoms with E-state index in [2.05, 4.69) is 11.9 Å². The summed E-state index contributed by atoms with van der Waals surface area (Å²) < 4.78 is 15.0. The van der Waals surface area contributed by atoms with Crippen LogP contribution in [-0.4, -0.2) is 15.3 Å². The van der Waals surface area contributed by atoms with E-state index in [1.807, 2.05) is 10.8 Å². The van der Waals surface area contributed by atoms with E-state index in [-0.39, 0.29) is 18.0 Å². The Labute approximate surface area is 112 Å². The average molecular weight is 260 g/mol. The highest BCUT2D eigenvalue weighted by Gasteiger charge is 2.13. The van der Waals surface area contributed by atoms with Crippen LogP contribution >= 0.6 is 0 Å². The lowest BCUT2D eigenvalue weighted by Gasteiger charge is -2.07. The Kier molecular flexibility index (Phi) is 4.10. The molecule has 0 bridgehead atoms. The molecule has 19 heavy (non-hydrogen) atoms. The molecule has 0 fully saturated rings. The van der Waals surface area contributed by atoms with Gasteiger partial charge in [0.05, 0.1) is 6.42 Å². The van der Waals surface area contributed by atoms with Gasteiger partial charge < -0.3 is 4.57 Å². The third-order valence-electron chi connectivity index (χ3n) is 3.07. The van der Waals surface area contributed by atoms with Crippen molar-refractivity contribution in [3.8, 4) is 0 Å². The maximum atomic E-state index is 13.0. The Morgan fingerprint density at radius 2 is 2.21 bits per heavy atom. The lowest BCUT2D eigenvalue weighted by molar-refractivity contribution is 0.0989. The second-order valence-corrected chi connectivity index (χ2v) is 4.60. The van der Waals surface area contributed by atoms with Gasteiger partial charge in [0.2, 0.25) is 0 Å². The third-order valence-corrected chi connectivity index (χ3v) is 3.07. The lowest BCUT2D eigenvalue weighted by Crippen LogP contribution is -2.11. The zero-order valence-electron chi connectivity index (χ0n) is 11.2. The first kappa shape index (κ1) is 13.5. The standard InChI is InChI=1S/C15H17FN2O/c1-3-7-18-8-6-17-15(18)10-14(19)13-5-4-12(16)9-11(13)2/h4-6,8-9H,3,7,10H2,1-2H3. The van der Waals surface area contributed by atoms with Gasteiger partial charge in [0.25, 0.3) is 0 Å². The van der Waals surface area contributed by atoms with Gasteiger partial charge in [0.1, 0.15) is 11.6 Å². The van der Waals surface area contributed by atoms with Crippen molar-refractivity contribution in [3.05, 3.63) is 53.4 Å². The van der Waals surface area contributed by atoms with Crippen LogP contribution in [0.4, 0.5) is 4.39 Å². The van der Waals surface area contributed by atoms with Gasteiger partial charge in [0.15, 0.2) is 5.78 Å². The van der Waals surface area contributed by atoms with Crippen molar-refractivity contribution in [1.29, 1.82) is 0 Å². The van der Waals surface area contributed by atoms with Crippen LogP contribution in [0, 0.1) is 12.7 Å². The number of hydrogen-bond donors (Lipinski definition) is 0. The summed E-state index contributed by atoms with van der Waals surface area (Å²) in [5, 5.41) is 0. The zero-order chi connectivity index (χ0) is 13.8. The summed E-state index contributed by atoms with van der Waals surface area (Å²) in [6, 6.07) is 4.24. The molecule has 0 radical (unpaired) electrons. The Bertz CT molecular complexity index is 590. The van der Waals surface area contributed by atoms with Crippen LogP contribution in [0.3, 0.4) is 0 Å². The van der Waals surface area contributed by atoms with Crippen molar-refractivity contribution in [2.45, 2.75) is 33.2 Å². The van der Waals surface area contributed by atoms with Crippen molar-refractivity contribution >= 4 is 5.78 Å². The Morgan fingerprint density at radius 1 is 1.42 bits per heavy atom. The molecule has 1 aromatic carbocycles. The first-order valence-corrected chi connectivity index (χ1v) is 6.41. The molecule has 0 spiro atoms. The van der Waals surface area contributed by atoms with Crippen molar-refractivity contribution in [2.24, 2.45) is 0 Å². The van der Waals surface area contributed by atoms with Crippen molar-refractivity contribution < 1.29 is 9.18 Å². The first-order valence-electron chi connectivity index (χ1n) is 6.41. The van der Waals surface area contributed by atoms with E-state index in [1.165, 1.54) is 12.1 Å². The van der Waals surface area contributed by atoms with Crippen LogP contribution < -0.4 is 0 Å². The highest BCUT2D eigenvalue weighted by molar-refractivity contribution is 5.98. The monoisotopic (exact) mass is 260 g/mol. The maximum absolute atomic E-state index is 13.0. The van der Waals surface area contributed by atoms with Crippen LogP contribution in [0.25, 0.3) is 0 Å². The molecule has 4 heteroatoms. The van der Waals surface area contributed by atoms with Gasteiger partial charge in [-0.2, -0.15) is 0 Å². The number of aryl methyl sites for hydroxylation is 2.